The Morgan fingerprint density at radius 3 is 2.03 bits per heavy atom. The number of rotatable bonds is 7. The fourth-order valence-corrected chi connectivity index (χ4v) is 3.90. The lowest BCUT2D eigenvalue weighted by Gasteiger charge is -2.17. The van der Waals surface area contributed by atoms with Gasteiger partial charge < -0.3 is 19.9 Å². The largest absolute Gasteiger partial charge is 0.573 e. The number of hydrogen-bond donors (Lipinski definition) is 2. The third-order valence-electron chi connectivity index (χ3n) is 5.71. The molecule has 0 aromatic heterocycles. The van der Waals surface area contributed by atoms with Crippen molar-refractivity contribution in [2.45, 2.75) is 18.8 Å². The highest BCUT2D eigenvalue weighted by molar-refractivity contribution is 6.02. The Bertz CT molecular complexity index is 1420. The number of fused-ring (bicyclic) bond motifs is 1. The maximum atomic E-state index is 12.9. The smallest absolute Gasteiger partial charge is 0.507 e. The topological polar surface area (TPSA) is 84.9 Å². The summed E-state index contributed by atoms with van der Waals surface area (Å²) in [7, 11) is 1.21. The number of esters is 1. The third kappa shape index (κ3) is 6.38. The average Bonchev–Trinajstić information content (AvgIpc) is 2.87. The fourth-order valence-electron chi connectivity index (χ4n) is 3.90. The molecule has 0 bridgehead atoms. The normalized spacial score (nSPS) is 12.1. The lowest BCUT2D eigenvalue weighted by atomic mass is 10.00. The number of phenolic OH excluding ortho intramolecular Hbond substituents is 1. The Balaban J connectivity index is 1.48. The van der Waals surface area contributed by atoms with E-state index in [0.29, 0.717) is 11.1 Å². The zero-order valence-corrected chi connectivity index (χ0v) is 19.6. The van der Waals surface area contributed by atoms with Crippen LogP contribution in [0.3, 0.4) is 0 Å². The molecule has 0 spiro atoms. The number of carbonyl (C=O) groups excluding carboxylic acids is 2. The van der Waals surface area contributed by atoms with Gasteiger partial charge >= 0.3 is 12.3 Å². The molecule has 4 rings (SSSR count). The summed E-state index contributed by atoms with van der Waals surface area (Å²) in [4.78, 5) is 25.3. The van der Waals surface area contributed by atoms with E-state index in [1.807, 2.05) is 24.3 Å². The van der Waals surface area contributed by atoms with Gasteiger partial charge in [0.15, 0.2) is 0 Å². The van der Waals surface area contributed by atoms with Crippen LogP contribution in [0.4, 0.5) is 13.2 Å². The number of aromatic hydroxyl groups is 1. The minimum atomic E-state index is -4.76. The first-order valence-corrected chi connectivity index (χ1v) is 11.2. The molecule has 1 amide bonds. The highest BCUT2D eigenvalue weighted by atomic mass is 19.4. The summed E-state index contributed by atoms with van der Waals surface area (Å²) in [6.07, 6.45) is -4.65. The molecule has 4 aromatic carbocycles. The summed E-state index contributed by atoms with van der Waals surface area (Å²) in [6.45, 7) is 0. The molecule has 4 aromatic rings. The molecule has 0 saturated carbocycles. The van der Waals surface area contributed by atoms with Gasteiger partial charge in [0.2, 0.25) is 0 Å². The van der Waals surface area contributed by atoms with Crippen molar-refractivity contribution in [3.05, 3.63) is 96.1 Å². The van der Waals surface area contributed by atoms with Crippen LogP contribution in [0, 0.1) is 0 Å². The van der Waals surface area contributed by atoms with Crippen molar-refractivity contribution in [2.24, 2.45) is 0 Å². The maximum absolute atomic E-state index is 12.9. The SMILES string of the molecule is COC(=O)C(Cc1ccc(-c2ccc(OC(F)(F)F)cc2)cc1)NC(=O)c1cc2ccccc2cc1O. The molecule has 0 aliphatic carbocycles. The third-order valence-corrected chi connectivity index (χ3v) is 5.71. The molecule has 1 atom stereocenters. The molecule has 6 nitrogen and oxygen atoms in total. The quantitative estimate of drug-likeness (QED) is 0.316. The van der Waals surface area contributed by atoms with Crippen molar-refractivity contribution in [3.63, 3.8) is 0 Å². The standard InChI is InChI=1S/C28H22F3NO5/c1-36-27(35)24(32-26(34)23-15-20-4-2-3-5-21(20)16-25(23)33)14-17-6-8-18(9-7-17)19-10-12-22(13-11-19)37-28(29,30)31/h2-13,15-16,24,33H,14H2,1H3,(H,32,34). The van der Waals surface area contributed by atoms with Gasteiger partial charge in [-0.15, -0.1) is 13.2 Å². The number of ether oxygens (including phenoxy) is 2. The van der Waals surface area contributed by atoms with E-state index in [0.717, 1.165) is 16.3 Å². The summed E-state index contributed by atoms with van der Waals surface area (Å²) >= 11 is 0. The number of methoxy groups -OCH3 is 1. The first kappa shape index (κ1) is 25.6. The van der Waals surface area contributed by atoms with Crippen molar-refractivity contribution < 1.29 is 37.3 Å². The van der Waals surface area contributed by atoms with E-state index in [9.17, 15) is 27.9 Å². The first-order valence-electron chi connectivity index (χ1n) is 11.2. The van der Waals surface area contributed by atoms with E-state index in [2.05, 4.69) is 10.1 Å². The van der Waals surface area contributed by atoms with Gasteiger partial charge in [-0.2, -0.15) is 0 Å². The minimum Gasteiger partial charge on any atom is -0.507 e. The van der Waals surface area contributed by atoms with Crippen LogP contribution in [0.5, 0.6) is 11.5 Å². The number of halogens is 3. The van der Waals surface area contributed by atoms with Crippen LogP contribution in [0.2, 0.25) is 0 Å². The molecule has 2 N–H and O–H groups in total. The number of carbonyl (C=O) groups is 2. The molecule has 190 valence electrons. The van der Waals surface area contributed by atoms with Gasteiger partial charge in [-0.25, -0.2) is 4.79 Å². The van der Waals surface area contributed by atoms with Gasteiger partial charge in [0.25, 0.3) is 5.91 Å². The molecule has 0 radical (unpaired) electrons. The van der Waals surface area contributed by atoms with Crippen LogP contribution in [-0.4, -0.2) is 36.5 Å². The van der Waals surface area contributed by atoms with Crippen LogP contribution in [-0.2, 0) is 16.0 Å². The van der Waals surface area contributed by atoms with Crippen molar-refractivity contribution >= 4 is 22.6 Å². The number of phenols is 1. The summed E-state index contributed by atoms with van der Waals surface area (Å²) < 4.78 is 45.8. The first-order chi connectivity index (χ1) is 17.6. The van der Waals surface area contributed by atoms with Crippen molar-refractivity contribution in [2.75, 3.05) is 7.11 Å². The maximum Gasteiger partial charge on any atom is 0.573 e. The summed E-state index contributed by atoms with van der Waals surface area (Å²) in [5, 5.41) is 14.5. The Morgan fingerprint density at radius 1 is 0.892 bits per heavy atom. The second kappa shape index (κ2) is 10.6. The Kier molecular flexibility index (Phi) is 7.33. The van der Waals surface area contributed by atoms with Crippen LogP contribution < -0.4 is 10.1 Å². The molecular weight excluding hydrogens is 487 g/mol. The molecule has 0 aliphatic heterocycles. The lowest BCUT2D eigenvalue weighted by molar-refractivity contribution is -0.274. The van der Waals surface area contributed by atoms with Crippen LogP contribution in [0.15, 0.2) is 84.9 Å². The predicted octanol–water partition coefficient (Wildman–Crippen LogP) is 5.63. The second-order valence-electron chi connectivity index (χ2n) is 8.24. The number of benzene rings is 4. The fraction of sp³-hybridized carbons (Fsp3) is 0.143. The van der Waals surface area contributed by atoms with Crippen LogP contribution in [0.1, 0.15) is 15.9 Å². The van der Waals surface area contributed by atoms with Gasteiger partial charge in [-0.3, -0.25) is 4.79 Å². The zero-order chi connectivity index (χ0) is 26.6. The van der Waals surface area contributed by atoms with Crippen molar-refractivity contribution in [1.29, 1.82) is 0 Å². The number of alkyl halides is 3. The molecule has 0 aliphatic rings. The minimum absolute atomic E-state index is 0.0286. The van der Waals surface area contributed by atoms with E-state index in [1.165, 1.54) is 37.4 Å². The molecule has 1 unspecified atom stereocenters. The van der Waals surface area contributed by atoms with Crippen molar-refractivity contribution in [1.82, 2.24) is 5.32 Å². The summed E-state index contributed by atoms with van der Waals surface area (Å²) in [6, 6.07) is 21.7. The highest BCUT2D eigenvalue weighted by Crippen LogP contribution is 2.27. The average molecular weight is 509 g/mol. The lowest BCUT2D eigenvalue weighted by Crippen LogP contribution is -2.43. The van der Waals surface area contributed by atoms with E-state index in [-0.39, 0.29) is 23.5 Å². The van der Waals surface area contributed by atoms with Gasteiger partial charge in [0, 0.05) is 6.42 Å². The van der Waals surface area contributed by atoms with Crippen molar-refractivity contribution in [3.8, 4) is 22.6 Å². The molecule has 9 heteroatoms. The van der Waals surface area contributed by atoms with Crippen LogP contribution >= 0.6 is 0 Å². The van der Waals surface area contributed by atoms with Crippen LogP contribution in [0.25, 0.3) is 21.9 Å². The highest BCUT2D eigenvalue weighted by Gasteiger charge is 2.31. The monoisotopic (exact) mass is 509 g/mol. The van der Waals surface area contributed by atoms with E-state index < -0.39 is 24.3 Å². The number of nitrogens with one attached hydrogen (secondary N) is 1. The Labute approximate surface area is 210 Å². The second-order valence-corrected chi connectivity index (χ2v) is 8.24. The Hall–Kier alpha value is -4.53. The Morgan fingerprint density at radius 2 is 1.46 bits per heavy atom. The summed E-state index contributed by atoms with van der Waals surface area (Å²) in [5.41, 5.74) is 2.15. The molecule has 0 fully saturated rings. The van der Waals surface area contributed by atoms with Gasteiger partial charge in [0.05, 0.1) is 12.7 Å². The van der Waals surface area contributed by atoms with Gasteiger partial charge in [-0.05, 0) is 51.7 Å². The molecule has 0 heterocycles. The van der Waals surface area contributed by atoms with E-state index in [1.54, 1.807) is 30.3 Å². The zero-order valence-electron chi connectivity index (χ0n) is 19.6. The summed E-state index contributed by atoms with van der Waals surface area (Å²) in [5.74, 6) is -1.81. The molecular formula is C28H22F3NO5. The number of amides is 1. The number of hydrogen-bond acceptors (Lipinski definition) is 5. The molecule has 0 saturated heterocycles. The van der Waals surface area contributed by atoms with E-state index in [4.69, 9.17) is 4.74 Å². The molecule has 37 heavy (non-hydrogen) atoms. The van der Waals surface area contributed by atoms with E-state index >= 15 is 0 Å². The van der Waals surface area contributed by atoms with Gasteiger partial charge in [0.1, 0.15) is 17.5 Å². The van der Waals surface area contributed by atoms with Gasteiger partial charge in [-0.1, -0.05) is 60.7 Å². The predicted molar refractivity (Wildman–Crippen MR) is 131 cm³/mol.